The largest absolute Gasteiger partial charge is 0.301 e. The average Bonchev–Trinajstić information content (AvgIpc) is 2.82. The van der Waals surface area contributed by atoms with Gasteiger partial charge < -0.3 is 5.32 Å². The van der Waals surface area contributed by atoms with Crippen LogP contribution in [-0.4, -0.2) is 15.2 Å². The zero-order valence-electron chi connectivity index (χ0n) is 9.81. The molecule has 0 saturated heterocycles. The van der Waals surface area contributed by atoms with Crippen LogP contribution in [0.2, 0.25) is 5.02 Å². The van der Waals surface area contributed by atoms with Crippen LogP contribution < -0.4 is 5.32 Å². The van der Waals surface area contributed by atoms with Crippen LogP contribution in [0.5, 0.6) is 0 Å². The molecular formula is C12H15ClN4. The van der Waals surface area contributed by atoms with E-state index < -0.39 is 0 Å². The molecule has 1 aromatic heterocycles. The fourth-order valence-corrected chi connectivity index (χ4v) is 2.09. The second kappa shape index (κ2) is 5.29. The highest BCUT2D eigenvalue weighted by Gasteiger charge is 2.14. The van der Waals surface area contributed by atoms with Gasteiger partial charge in [-0.2, -0.15) is 5.10 Å². The summed E-state index contributed by atoms with van der Waals surface area (Å²) in [6.45, 7) is 4.11. The van der Waals surface area contributed by atoms with E-state index in [0.717, 1.165) is 16.4 Å². The molecule has 2 aromatic rings. The van der Waals surface area contributed by atoms with Gasteiger partial charge in [-0.05, 0) is 25.5 Å². The summed E-state index contributed by atoms with van der Waals surface area (Å²) >= 11 is 6.15. The minimum atomic E-state index is 0.101. The molecule has 2 atom stereocenters. The van der Waals surface area contributed by atoms with Gasteiger partial charge in [-0.15, -0.1) is 0 Å². The molecule has 0 aliphatic rings. The van der Waals surface area contributed by atoms with Gasteiger partial charge >= 0.3 is 0 Å². The van der Waals surface area contributed by atoms with E-state index in [-0.39, 0.29) is 12.1 Å². The first kappa shape index (κ1) is 12.1. The van der Waals surface area contributed by atoms with Gasteiger partial charge in [0.15, 0.2) is 0 Å². The molecule has 0 bridgehead atoms. The van der Waals surface area contributed by atoms with Gasteiger partial charge in [0, 0.05) is 11.1 Å². The number of hydrogen-bond donors (Lipinski definition) is 2. The van der Waals surface area contributed by atoms with E-state index in [4.69, 9.17) is 11.6 Å². The first-order valence-electron chi connectivity index (χ1n) is 5.54. The molecule has 0 aliphatic carbocycles. The van der Waals surface area contributed by atoms with Crippen molar-refractivity contribution in [2.45, 2.75) is 25.9 Å². The molecule has 0 aliphatic heterocycles. The Morgan fingerprint density at radius 1 is 1.24 bits per heavy atom. The third-order valence-corrected chi connectivity index (χ3v) is 3.06. The van der Waals surface area contributed by atoms with Crippen molar-refractivity contribution in [3.63, 3.8) is 0 Å². The van der Waals surface area contributed by atoms with Crippen molar-refractivity contribution in [2.24, 2.45) is 0 Å². The fourth-order valence-electron chi connectivity index (χ4n) is 1.79. The lowest BCUT2D eigenvalue weighted by atomic mass is 10.1. The Morgan fingerprint density at radius 2 is 2.00 bits per heavy atom. The number of halogens is 1. The Hall–Kier alpha value is -1.39. The van der Waals surface area contributed by atoms with Gasteiger partial charge in [-0.25, -0.2) is 4.98 Å². The molecule has 0 fully saturated rings. The van der Waals surface area contributed by atoms with Crippen molar-refractivity contribution in [3.05, 3.63) is 47.0 Å². The predicted octanol–water partition coefficient (Wildman–Crippen LogP) is 2.87. The Bertz CT molecular complexity index is 469. The lowest BCUT2D eigenvalue weighted by Crippen LogP contribution is -2.23. The molecule has 0 radical (unpaired) electrons. The third kappa shape index (κ3) is 2.84. The molecule has 0 spiro atoms. The molecule has 0 amide bonds. The summed E-state index contributed by atoms with van der Waals surface area (Å²) in [5.74, 6) is 0.823. The SMILES string of the molecule is CC(NC(C)c1ccccc1Cl)c1ncn[nH]1. The summed E-state index contributed by atoms with van der Waals surface area (Å²) in [5.41, 5.74) is 1.08. The standard InChI is InChI=1S/C12H15ClN4/c1-8(10-5-3-4-6-11(10)13)16-9(2)12-14-7-15-17-12/h3-9,16H,1-2H3,(H,14,15,17). The summed E-state index contributed by atoms with van der Waals surface area (Å²) < 4.78 is 0. The van der Waals surface area contributed by atoms with Crippen LogP contribution >= 0.6 is 11.6 Å². The molecule has 17 heavy (non-hydrogen) atoms. The molecule has 2 unspecified atom stereocenters. The summed E-state index contributed by atoms with van der Waals surface area (Å²) in [7, 11) is 0. The number of H-pyrrole nitrogens is 1. The van der Waals surface area contributed by atoms with E-state index in [9.17, 15) is 0 Å². The van der Waals surface area contributed by atoms with Gasteiger partial charge in [0.25, 0.3) is 0 Å². The first-order chi connectivity index (χ1) is 8.18. The molecule has 5 heteroatoms. The van der Waals surface area contributed by atoms with Crippen LogP contribution in [0.25, 0.3) is 0 Å². The zero-order valence-corrected chi connectivity index (χ0v) is 10.6. The predicted molar refractivity (Wildman–Crippen MR) is 67.8 cm³/mol. The lowest BCUT2D eigenvalue weighted by Gasteiger charge is -2.19. The average molecular weight is 251 g/mol. The zero-order chi connectivity index (χ0) is 12.3. The van der Waals surface area contributed by atoms with Crippen molar-refractivity contribution in [3.8, 4) is 0 Å². The Kier molecular flexibility index (Phi) is 3.76. The van der Waals surface area contributed by atoms with Crippen molar-refractivity contribution < 1.29 is 0 Å². The normalized spacial score (nSPS) is 14.5. The third-order valence-electron chi connectivity index (χ3n) is 2.72. The summed E-state index contributed by atoms with van der Waals surface area (Å²) in [5, 5.41) is 10.9. The number of hydrogen-bond acceptors (Lipinski definition) is 3. The maximum atomic E-state index is 6.15. The monoisotopic (exact) mass is 250 g/mol. The van der Waals surface area contributed by atoms with Gasteiger partial charge in [0.2, 0.25) is 0 Å². The van der Waals surface area contributed by atoms with Gasteiger partial charge in [0.05, 0.1) is 6.04 Å². The van der Waals surface area contributed by atoms with E-state index >= 15 is 0 Å². The topological polar surface area (TPSA) is 53.6 Å². The molecular weight excluding hydrogens is 236 g/mol. The second-order valence-corrected chi connectivity index (χ2v) is 4.41. The minimum absolute atomic E-state index is 0.101. The van der Waals surface area contributed by atoms with E-state index in [0.29, 0.717) is 0 Å². The van der Waals surface area contributed by atoms with E-state index in [1.54, 1.807) is 0 Å². The number of nitrogens with one attached hydrogen (secondary N) is 2. The smallest absolute Gasteiger partial charge is 0.141 e. The summed E-state index contributed by atoms with van der Waals surface area (Å²) in [6.07, 6.45) is 1.51. The molecule has 4 nitrogen and oxygen atoms in total. The van der Waals surface area contributed by atoms with Gasteiger partial charge in [0.1, 0.15) is 12.2 Å². The van der Waals surface area contributed by atoms with Crippen molar-refractivity contribution in [1.82, 2.24) is 20.5 Å². The molecule has 1 aromatic carbocycles. The highest BCUT2D eigenvalue weighted by atomic mass is 35.5. The summed E-state index contributed by atoms with van der Waals surface area (Å²) in [4.78, 5) is 4.12. The molecule has 1 heterocycles. The van der Waals surface area contributed by atoms with Crippen LogP contribution in [0, 0.1) is 0 Å². The minimum Gasteiger partial charge on any atom is -0.301 e. The Labute approximate surface area is 105 Å². The first-order valence-corrected chi connectivity index (χ1v) is 5.92. The second-order valence-electron chi connectivity index (χ2n) is 4.00. The van der Waals surface area contributed by atoms with Gasteiger partial charge in [-0.1, -0.05) is 29.8 Å². The number of nitrogens with zero attached hydrogens (tertiary/aromatic N) is 2. The van der Waals surface area contributed by atoms with E-state index in [1.807, 2.05) is 31.2 Å². The van der Waals surface area contributed by atoms with E-state index in [2.05, 4.69) is 27.4 Å². The quantitative estimate of drug-likeness (QED) is 0.877. The number of aromatic nitrogens is 3. The van der Waals surface area contributed by atoms with Gasteiger partial charge in [-0.3, -0.25) is 5.10 Å². The molecule has 2 N–H and O–H groups in total. The molecule has 90 valence electrons. The van der Waals surface area contributed by atoms with Crippen LogP contribution in [0.3, 0.4) is 0 Å². The number of rotatable bonds is 4. The maximum absolute atomic E-state index is 6.15. The lowest BCUT2D eigenvalue weighted by molar-refractivity contribution is 0.478. The molecule has 2 rings (SSSR count). The van der Waals surface area contributed by atoms with Crippen LogP contribution in [-0.2, 0) is 0 Å². The van der Waals surface area contributed by atoms with Crippen molar-refractivity contribution in [2.75, 3.05) is 0 Å². The highest BCUT2D eigenvalue weighted by Crippen LogP contribution is 2.24. The maximum Gasteiger partial charge on any atom is 0.141 e. The van der Waals surface area contributed by atoms with Crippen LogP contribution in [0.4, 0.5) is 0 Å². The van der Waals surface area contributed by atoms with Crippen LogP contribution in [0.1, 0.15) is 37.3 Å². The molecule has 0 saturated carbocycles. The Morgan fingerprint density at radius 3 is 2.65 bits per heavy atom. The number of aromatic amines is 1. The number of benzene rings is 1. The fraction of sp³-hybridized carbons (Fsp3) is 0.333. The van der Waals surface area contributed by atoms with Crippen molar-refractivity contribution in [1.29, 1.82) is 0 Å². The van der Waals surface area contributed by atoms with E-state index in [1.165, 1.54) is 6.33 Å². The Balaban J connectivity index is 2.07. The van der Waals surface area contributed by atoms with Crippen LogP contribution in [0.15, 0.2) is 30.6 Å². The van der Waals surface area contributed by atoms with Crippen molar-refractivity contribution >= 4 is 11.6 Å². The highest BCUT2D eigenvalue weighted by molar-refractivity contribution is 6.31. The summed E-state index contributed by atoms with van der Waals surface area (Å²) in [6, 6.07) is 8.09.